The quantitative estimate of drug-likeness (QED) is 0.459. The van der Waals surface area contributed by atoms with Crippen molar-refractivity contribution >= 4 is 24.0 Å². The van der Waals surface area contributed by atoms with Crippen LogP contribution in [-0.2, 0) is 9.59 Å². The van der Waals surface area contributed by atoms with Crippen molar-refractivity contribution < 1.29 is 18.4 Å². The van der Waals surface area contributed by atoms with E-state index in [1.807, 2.05) is 38.1 Å². The van der Waals surface area contributed by atoms with Crippen molar-refractivity contribution in [3.63, 3.8) is 0 Å². The van der Waals surface area contributed by atoms with Gasteiger partial charge >= 0.3 is 0 Å². The highest BCUT2D eigenvalue weighted by Crippen LogP contribution is 2.35. The second kappa shape index (κ2) is 12.1. The van der Waals surface area contributed by atoms with Gasteiger partial charge < -0.3 is 19.5 Å². The number of aryl methyl sites for hydroxylation is 2. The molecule has 0 spiro atoms. The first-order chi connectivity index (χ1) is 16.9. The van der Waals surface area contributed by atoms with Crippen LogP contribution >= 0.6 is 0 Å². The van der Waals surface area contributed by atoms with E-state index in [1.165, 1.54) is 32.1 Å². The molecule has 2 aliphatic rings. The molecule has 0 unspecified atom stereocenters. The summed E-state index contributed by atoms with van der Waals surface area (Å²) in [6, 6.07) is 8.06. The fraction of sp³-hybridized carbons (Fsp3) is 0.517. The van der Waals surface area contributed by atoms with Gasteiger partial charge in [0.25, 0.3) is 0 Å². The second-order valence-corrected chi connectivity index (χ2v) is 10.3. The van der Waals surface area contributed by atoms with Gasteiger partial charge in [-0.15, -0.1) is 0 Å². The summed E-state index contributed by atoms with van der Waals surface area (Å²) in [5.41, 5.74) is 0. The lowest BCUT2D eigenvalue weighted by molar-refractivity contribution is -0.118. The van der Waals surface area contributed by atoms with Gasteiger partial charge in [-0.25, -0.2) is 0 Å². The maximum Gasteiger partial charge on any atom is 0.244 e. The zero-order chi connectivity index (χ0) is 24.6. The lowest BCUT2D eigenvalue weighted by Crippen LogP contribution is -2.38. The summed E-state index contributed by atoms with van der Waals surface area (Å²) in [5, 5.41) is 6.29. The minimum atomic E-state index is -0.0445. The van der Waals surface area contributed by atoms with E-state index in [0.29, 0.717) is 11.5 Å². The molecule has 6 heteroatoms. The van der Waals surface area contributed by atoms with Crippen molar-refractivity contribution in [1.82, 2.24) is 10.6 Å². The number of hydrogen-bond donors (Lipinski definition) is 2. The Labute approximate surface area is 208 Å². The van der Waals surface area contributed by atoms with Gasteiger partial charge in [-0.2, -0.15) is 0 Å². The predicted octanol–water partition coefficient (Wildman–Crippen LogP) is 5.96. The van der Waals surface area contributed by atoms with Gasteiger partial charge in [-0.3, -0.25) is 9.59 Å². The molecule has 2 saturated carbocycles. The highest BCUT2D eigenvalue weighted by atomic mass is 16.3. The lowest BCUT2D eigenvalue weighted by Gasteiger charge is -2.34. The highest BCUT2D eigenvalue weighted by Gasteiger charge is 2.27. The second-order valence-electron chi connectivity index (χ2n) is 10.3. The minimum absolute atomic E-state index is 0.0445. The van der Waals surface area contributed by atoms with Crippen LogP contribution in [0.2, 0.25) is 0 Å². The van der Waals surface area contributed by atoms with E-state index in [2.05, 4.69) is 10.6 Å². The van der Waals surface area contributed by atoms with Gasteiger partial charge in [0.2, 0.25) is 11.8 Å². The zero-order valence-corrected chi connectivity index (χ0v) is 20.9. The molecule has 0 aliphatic heterocycles. The van der Waals surface area contributed by atoms with Crippen molar-refractivity contribution in [1.29, 1.82) is 0 Å². The molecule has 188 valence electrons. The van der Waals surface area contributed by atoms with E-state index in [-0.39, 0.29) is 23.9 Å². The Hall–Kier alpha value is -3.02. The first-order valence-electron chi connectivity index (χ1n) is 13.0. The van der Waals surface area contributed by atoms with Crippen LogP contribution in [0.3, 0.4) is 0 Å². The van der Waals surface area contributed by atoms with E-state index in [0.717, 1.165) is 49.0 Å². The number of carbonyl (C=O) groups excluding carboxylic acids is 2. The van der Waals surface area contributed by atoms with Gasteiger partial charge in [-0.1, -0.05) is 0 Å². The predicted molar refractivity (Wildman–Crippen MR) is 137 cm³/mol. The van der Waals surface area contributed by atoms with Gasteiger partial charge in [0.05, 0.1) is 0 Å². The third-order valence-electron chi connectivity index (χ3n) is 7.37. The molecule has 0 bridgehead atoms. The molecular weight excluding hydrogens is 440 g/mol. The monoisotopic (exact) mass is 478 g/mol. The molecular formula is C29H38N2O4. The maximum atomic E-state index is 12.2. The summed E-state index contributed by atoms with van der Waals surface area (Å²) >= 11 is 0. The van der Waals surface area contributed by atoms with Crippen molar-refractivity contribution in [3.8, 4) is 0 Å². The van der Waals surface area contributed by atoms with Crippen molar-refractivity contribution in [3.05, 3.63) is 59.5 Å². The van der Waals surface area contributed by atoms with Crippen molar-refractivity contribution in [2.24, 2.45) is 11.8 Å². The number of rotatable bonds is 8. The van der Waals surface area contributed by atoms with Crippen LogP contribution < -0.4 is 10.6 Å². The average molecular weight is 479 g/mol. The molecule has 0 radical (unpaired) electrons. The standard InChI is InChI=1S/C29H38N2O4/c1-20-3-13-26(34-20)15-17-28(32)30-24-9-5-22(6-10-24)19-23-7-11-25(12-8-23)31-29(33)18-16-27-14-4-21(2)35-27/h3-4,13-18,22-25H,5-12,19H2,1-2H3,(H,30,32)(H,31,33). The van der Waals surface area contributed by atoms with Gasteiger partial charge in [0.15, 0.2) is 0 Å². The first kappa shape index (κ1) is 25.1. The average Bonchev–Trinajstić information content (AvgIpc) is 3.46. The smallest absolute Gasteiger partial charge is 0.244 e. The lowest BCUT2D eigenvalue weighted by atomic mass is 9.75. The van der Waals surface area contributed by atoms with Crippen molar-refractivity contribution in [2.75, 3.05) is 0 Å². The molecule has 2 N–H and O–H groups in total. The number of hydrogen-bond acceptors (Lipinski definition) is 4. The molecule has 0 atom stereocenters. The van der Waals surface area contributed by atoms with Gasteiger partial charge in [0, 0.05) is 24.2 Å². The molecule has 0 aromatic carbocycles. The molecule has 6 nitrogen and oxygen atoms in total. The Balaban J connectivity index is 1.10. The molecule has 2 aromatic rings. The summed E-state index contributed by atoms with van der Waals surface area (Å²) in [4.78, 5) is 24.5. The van der Waals surface area contributed by atoms with Gasteiger partial charge in [-0.05, 0) is 120 Å². The van der Waals surface area contributed by atoms with E-state index in [1.54, 1.807) is 24.3 Å². The molecule has 4 rings (SSSR count). The van der Waals surface area contributed by atoms with Crippen LogP contribution in [0.25, 0.3) is 12.2 Å². The Morgan fingerprint density at radius 3 is 1.46 bits per heavy atom. The fourth-order valence-electron chi connectivity index (χ4n) is 5.46. The van der Waals surface area contributed by atoms with Crippen LogP contribution in [0.5, 0.6) is 0 Å². The van der Waals surface area contributed by atoms with Crippen molar-refractivity contribution in [2.45, 2.75) is 83.7 Å². The van der Waals surface area contributed by atoms with Crippen LogP contribution in [0.15, 0.2) is 45.3 Å². The Kier molecular flexibility index (Phi) is 8.67. The normalized spacial score (nSPS) is 25.2. The van der Waals surface area contributed by atoms with E-state index >= 15 is 0 Å². The number of amides is 2. The number of carbonyl (C=O) groups is 2. The van der Waals surface area contributed by atoms with E-state index < -0.39 is 0 Å². The van der Waals surface area contributed by atoms with Crippen LogP contribution in [-0.4, -0.2) is 23.9 Å². The van der Waals surface area contributed by atoms with E-state index in [4.69, 9.17) is 8.83 Å². The number of nitrogens with one attached hydrogen (secondary N) is 2. The fourth-order valence-corrected chi connectivity index (χ4v) is 5.46. The first-order valence-corrected chi connectivity index (χ1v) is 13.0. The van der Waals surface area contributed by atoms with Gasteiger partial charge in [0.1, 0.15) is 23.0 Å². The summed E-state index contributed by atoms with van der Waals surface area (Å²) in [6.45, 7) is 3.78. The van der Waals surface area contributed by atoms with E-state index in [9.17, 15) is 9.59 Å². The summed E-state index contributed by atoms with van der Waals surface area (Å²) in [7, 11) is 0. The molecule has 2 amide bonds. The number of furan rings is 2. The highest BCUT2D eigenvalue weighted by molar-refractivity contribution is 5.92. The summed E-state index contributed by atoms with van der Waals surface area (Å²) in [5.74, 6) is 4.51. The molecule has 0 saturated heterocycles. The summed E-state index contributed by atoms with van der Waals surface area (Å²) in [6.07, 6.45) is 16.8. The molecule has 2 aromatic heterocycles. The van der Waals surface area contributed by atoms with Crippen LogP contribution in [0, 0.1) is 25.7 Å². The Morgan fingerprint density at radius 2 is 1.11 bits per heavy atom. The topological polar surface area (TPSA) is 84.5 Å². The Bertz CT molecular complexity index is 949. The third-order valence-corrected chi connectivity index (χ3v) is 7.37. The minimum Gasteiger partial charge on any atom is -0.462 e. The molecule has 2 aliphatic carbocycles. The third kappa shape index (κ3) is 8.01. The zero-order valence-electron chi connectivity index (χ0n) is 20.9. The summed E-state index contributed by atoms with van der Waals surface area (Å²) < 4.78 is 10.9. The molecule has 35 heavy (non-hydrogen) atoms. The molecule has 2 fully saturated rings. The van der Waals surface area contributed by atoms with Crippen LogP contribution in [0.4, 0.5) is 0 Å². The Morgan fingerprint density at radius 1 is 0.714 bits per heavy atom. The van der Waals surface area contributed by atoms with Crippen LogP contribution in [0.1, 0.15) is 80.8 Å². The molecule has 2 heterocycles. The SMILES string of the molecule is Cc1ccc(C=CC(=O)NC2CCC(CC3CCC(NC(=O)C=Cc4ccc(C)o4)CC3)CC2)o1. The largest absolute Gasteiger partial charge is 0.462 e. The maximum absolute atomic E-state index is 12.2.